The molecule has 94 valence electrons. The van der Waals surface area contributed by atoms with E-state index in [1.807, 2.05) is 0 Å². The summed E-state index contributed by atoms with van der Waals surface area (Å²) in [5.41, 5.74) is 2.57. The summed E-state index contributed by atoms with van der Waals surface area (Å²) in [4.78, 5) is 4.52. The third-order valence-electron chi connectivity index (χ3n) is 3.13. The van der Waals surface area contributed by atoms with Gasteiger partial charge in [0.05, 0.1) is 0 Å². The van der Waals surface area contributed by atoms with Crippen molar-refractivity contribution in [3.8, 4) is 0 Å². The predicted octanol–water partition coefficient (Wildman–Crippen LogP) is 4.10. The molecule has 3 rings (SSSR count). The van der Waals surface area contributed by atoms with E-state index in [1.165, 1.54) is 35.5 Å². The van der Waals surface area contributed by atoms with Crippen LogP contribution in [0.5, 0.6) is 0 Å². The second-order valence-corrected chi connectivity index (χ2v) is 6.32. The van der Waals surface area contributed by atoms with Gasteiger partial charge in [-0.05, 0) is 43.0 Å². The minimum Gasteiger partial charge on any atom is -0.356 e. The molecule has 0 bridgehead atoms. The van der Waals surface area contributed by atoms with Crippen molar-refractivity contribution in [1.29, 1.82) is 0 Å². The molecule has 0 atom stereocenters. The van der Waals surface area contributed by atoms with Crippen LogP contribution in [0.25, 0.3) is 0 Å². The topological polar surface area (TPSA) is 37.8 Å². The Bertz CT molecular complexity index is 563. The van der Waals surface area contributed by atoms with E-state index in [0.717, 1.165) is 22.0 Å². The van der Waals surface area contributed by atoms with E-state index in [9.17, 15) is 0 Å². The number of hydrogen-bond acceptors (Lipinski definition) is 4. The summed E-state index contributed by atoms with van der Waals surface area (Å²) in [7, 11) is 0. The van der Waals surface area contributed by atoms with Crippen molar-refractivity contribution in [2.24, 2.45) is 0 Å². The highest BCUT2D eigenvalue weighted by molar-refractivity contribution is 9.10. The highest BCUT2D eigenvalue weighted by atomic mass is 79.9. The molecule has 1 fully saturated rings. The maximum atomic E-state index is 4.52. The lowest BCUT2D eigenvalue weighted by atomic mass is 10.1. The van der Waals surface area contributed by atoms with Gasteiger partial charge in [-0.3, -0.25) is 0 Å². The first-order chi connectivity index (χ1) is 8.72. The van der Waals surface area contributed by atoms with E-state index in [0.29, 0.717) is 5.92 Å². The van der Waals surface area contributed by atoms with Crippen molar-refractivity contribution in [1.82, 2.24) is 9.36 Å². The molecule has 0 amide bonds. The number of hydrogen-bond donors (Lipinski definition) is 1. The molecule has 0 saturated heterocycles. The highest BCUT2D eigenvalue weighted by Crippen LogP contribution is 2.39. The van der Waals surface area contributed by atoms with Gasteiger partial charge in [-0.25, -0.2) is 4.98 Å². The van der Waals surface area contributed by atoms with Crippen LogP contribution in [0.2, 0.25) is 0 Å². The number of aryl methyl sites for hydroxylation is 1. The van der Waals surface area contributed by atoms with E-state index in [4.69, 9.17) is 0 Å². The van der Waals surface area contributed by atoms with Crippen molar-refractivity contribution in [3.05, 3.63) is 39.6 Å². The van der Waals surface area contributed by atoms with Crippen LogP contribution in [0.1, 0.15) is 35.7 Å². The minimum absolute atomic E-state index is 0.629. The van der Waals surface area contributed by atoms with Crippen LogP contribution in [0, 0.1) is 6.92 Å². The highest BCUT2D eigenvalue weighted by Gasteiger charge is 2.27. The van der Waals surface area contributed by atoms with Gasteiger partial charge in [0.25, 0.3) is 0 Å². The Balaban J connectivity index is 1.67. The molecule has 5 heteroatoms. The zero-order chi connectivity index (χ0) is 12.5. The molecule has 1 heterocycles. The molecule has 1 aliphatic rings. The van der Waals surface area contributed by atoms with Gasteiger partial charge in [0.1, 0.15) is 5.82 Å². The number of rotatable bonds is 4. The Morgan fingerprint density at radius 1 is 1.44 bits per heavy atom. The second kappa shape index (κ2) is 4.97. The Morgan fingerprint density at radius 2 is 2.28 bits per heavy atom. The maximum absolute atomic E-state index is 4.52. The van der Waals surface area contributed by atoms with Crippen molar-refractivity contribution in [2.75, 3.05) is 5.32 Å². The van der Waals surface area contributed by atoms with E-state index >= 15 is 0 Å². The summed E-state index contributed by atoms with van der Waals surface area (Å²) >= 11 is 4.96. The van der Waals surface area contributed by atoms with Crippen LogP contribution in [0.4, 0.5) is 5.13 Å². The Kier molecular flexibility index (Phi) is 3.35. The molecule has 1 N–H and O–H groups in total. The van der Waals surface area contributed by atoms with Crippen LogP contribution in [-0.4, -0.2) is 9.36 Å². The molecular formula is C13H14BrN3S. The van der Waals surface area contributed by atoms with Crippen molar-refractivity contribution >= 4 is 32.6 Å². The van der Waals surface area contributed by atoms with E-state index in [-0.39, 0.29) is 0 Å². The van der Waals surface area contributed by atoms with Gasteiger partial charge in [-0.1, -0.05) is 22.0 Å². The van der Waals surface area contributed by atoms with Gasteiger partial charge in [0.2, 0.25) is 5.13 Å². The van der Waals surface area contributed by atoms with Crippen LogP contribution < -0.4 is 5.32 Å². The summed E-state index contributed by atoms with van der Waals surface area (Å²) in [6.45, 7) is 2.92. The van der Waals surface area contributed by atoms with Gasteiger partial charge < -0.3 is 5.32 Å². The third kappa shape index (κ3) is 2.72. The van der Waals surface area contributed by atoms with Gasteiger partial charge in [-0.2, -0.15) is 4.37 Å². The summed E-state index contributed by atoms with van der Waals surface area (Å²) < 4.78 is 5.50. The average molecular weight is 324 g/mol. The number of nitrogens with one attached hydrogen (secondary N) is 1. The molecule has 0 aliphatic heterocycles. The number of halogens is 1. The standard InChI is InChI=1S/C13H14BrN3S/c1-8-2-5-11(14)6-10(8)7-15-13-16-12(17-18-13)9-3-4-9/h2,5-6,9H,3-4,7H2,1H3,(H,15,16,17). The van der Waals surface area contributed by atoms with Gasteiger partial charge >= 0.3 is 0 Å². The quantitative estimate of drug-likeness (QED) is 0.920. The number of nitrogens with zero attached hydrogens (tertiary/aromatic N) is 2. The molecule has 1 aliphatic carbocycles. The minimum atomic E-state index is 0.629. The molecule has 0 radical (unpaired) electrons. The summed E-state index contributed by atoms with van der Waals surface area (Å²) in [6.07, 6.45) is 2.50. The fraction of sp³-hybridized carbons (Fsp3) is 0.385. The summed E-state index contributed by atoms with van der Waals surface area (Å²) in [6, 6.07) is 6.33. The zero-order valence-corrected chi connectivity index (χ0v) is 12.5. The van der Waals surface area contributed by atoms with Crippen LogP contribution in [-0.2, 0) is 6.54 Å². The number of anilines is 1. The molecule has 1 aromatic carbocycles. The fourth-order valence-electron chi connectivity index (χ4n) is 1.82. The molecule has 0 spiro atoms. The molecule has 0 unspecified atom stereocenters. The van der Waals surface area contributed by atoms with Crippen LogP contribution in [0.3, 0.4) is 0 Å². The molecular weight excluding hydrogens is 310 g/mol. The van der Waals surface area contributed by atoms with Crippen molar-refractivity contribution in [2.45, 2.75) is 32.2 Å². The lowest BCUT2D eigenvalue weighted by molar-refractivity contribution is 0.979. The molecule has 3 nitrogen and oxygen atoms in total. The smallest absolute Gasteiger partial charge is 0.202 e. The third-order valence-corrected chi connectivity index (χ3v) is 4.31. The number of benzene rings is 1. The zero-order valence-electron chi connectivity index (χ0n) is 10.1. The first kappa shape index (κ1) is 12.1. The summed E-state index contributed by atoms with van der Waals surface area (Å²) in [5, 5.41) is 4.28. The van der Waals surface area contributed by atoms with Crippen LogP contribution >= 0.6 is 27.5 Å². The predicted molar refractivity (Wildman–Crippen MR) is 78.1 cm³/mol. The Morgan fingerprint density at radius 3 is 3.06 bits per heavy atom. The molecule has 2 aromatic rings. The molecule has 18 heavy (non-hydrogen) atoms. The van der Waals surface area contributed by atoms with Gasteiger partial charge in [0.15, 0.2) is 0 Å². The van der Waals surface area contributed by atoms with Crippen molar-refractivity contribution in [3.63, 3.8) is 0 Å². The average Bonchev–Trinajstić information content (AvgIpc) is 3.10. The van der Waals surface area contributed by atoms with Crippen LogP contribution in [0.15, 0.2) is 22.7 Å². The normalized spacial score (nSPS) is 14.8. The van der Waals surface area contributed by atoms with Gasteiger partial charge in [0, 0.05) is 28.5 Å². The maximum Gasteiger partial charge on any atom is 0.202 e. The SMILES string of the molecule is Cc1ccc(Br)cc1CNc1nc(C2CC2)ns1. The van der Waals surface area contributed by atoms with Crippen molar-refractivity contribution < 1.29 is 0 Å². The Hall–Kier alpha value is -0.940. The van der Waals surface area contributed by atoms with E-state index in [2.05, 4.69) is 55.7 Å². The van der Waals surface area contributed by atoms with Gasteiger partial charge in [-0.15, -0.1) is 0 Å². The number of aromatic nitrogens is 2. The Labute approximate surface area is 119 Å². The lowest BCUT2D eigenvalue weighted by Crippen LogP contribution is -2.01. The first-order valence-corrected chi connectivity index (χ1v) is 7.61. The monoisotopic (exact) mass is 323 g/mol. The van der Waals surface area contributed by atoms with E-state index < -0.39 is 0 Å². The molecule has 1 saturated carbocycles. The molecule has 1 aromatic heterocycles. The fourth-order valence-corrected chi connectivity index (χ4v) is 2.86. The largest absolute Gasteiger partial charge is 0.356 e. The van der Waals surface area contributed by atoms with E-state index in [1.54, 1.807) is 0 Å². The lowest BCUT2D eigenvalue weighted by Gasteiger charge is -2.06. The summed E-state index contributed by atoms with van der Waals surface area (Å²) in [5.74, 6) is 1.65. The second-order valence-electron chi connectivity index (χ2n) is 4.66. The first-order valence-electron chi connectivity index (χ1n) is 6.05.